The van der Waals surface area contributed by atoms with E-state index in [0.29, 0.717) is 30.2 Å². The van der Waals surface area contributed by atoms with Crippen molar-refractivity contribution in [2.45, 2.75) is 43.7 Å². The molecule has 2 amide bonds. The Hall–Kier alpha value is -2.62. The number of esters is 1. The summed E-state index contributed by atoms with van der Waals surface area (Å²) in [6.45, 7) is 2.75. The van der Waals surface area contributed by atoms with Gasteiger partial charge in [0.15, 0.2) is 0 Å². The molecule has 0 aromatic heterocycles. The summed E-state index contributed by atoms with van der Waals surface area (Å²) in [6, 6.07) is 9.70. The Bertz CT molecular complexity index is 1070. The van der Waals surface area contributed by atoms with Crippen molar-refractivity contribution in [3.05, 3.63) is 58.4 Å². The Labute approximate surface area is 213 Å². The quantitative estimate of drug-likeness (QED) is 0.249. The van der Waals surface area contributed by atoms with Crippen LogP contribution in [0.1, 0.15) is 43.4 Å². The number of hydrogen-bond acceptors (Lipinski definition) is 7. The minimum atomic E-state index is -0.555. The number of hydrogen-bond donors (Lipinski definition) is 1. The van der Waals surface area contributed by atoms with Crippen molar-refractivity contribution in [2.75, 3.05) is 26.0 Å². The van der Waals surface area contributed by atoms with Crippen LogP contribution in [-0.2, 0) is 25.7 Å². The number of imide groups is 1. The standard InChI is InChI=1S/C25H28ClFN2O5S/c1-3-34-25(32)14-20(17-5-6-18(26)19(27)13-17)28-15-16-4-7-22(21(12-16)33-2)35-11-10-29-23(30)8-9-24(29)31/h4-7,12-13,20,28H,3,8-11,14-15H2,1-2H3. The summed E-state index contributed by atoms with van der Waals surface area (Å²) in [5.74, 6) is 0.0337. The van der Waals surface area contributed by atoms with E-state index >= 15 is 0 Å². The van der Waals surface area contributed by atoms with Gasteiger partial charge in [0.2, 0.25) is 11.8 Å². The number of methoxy groups -OCH3 is 1. The maximum Gasteiger partial charge on any atom is 0.307 e. The molecule has 35 heavy (non-hydrogen) atoms. The third-order valence-electron chi connectivity index (χ3n) is 5.53. The lowest BCUT2D eigenvalue weighted by Crippen LogP contribution is -2.31. The zero-order chi connectivity index (χ0) is 25.4. The van der Waals surface area contributed by atoms with E-state index in [0.717, 1.165) is 10.5 Å². The number of carbonyl (C=O) groups is 3. The molecule has 0 spiro atoms. The molecule has 1 fully saturated rings. The second-order valence-corrected chi connectivity index (χ2v) is 9.43. The summed E-state index contributed by atoms with van der Waals surface area (Å²) < 4.78 is 24.6. The highest BCUT2D eigenvalue weighted by Gasteiger charge is 2.28. The molecule has 1 atom stereocenters. The van der Waals surface area contributed by atoms with Gasteiger partial charge in [-0.05, 0) is 42.3 Å². The van der Waals surface area contributed by atoms with Crippen LogP contribution in [0.15, 0.2) is 41.3 Å². The number of benzene rings is 2. The van der Waals surface area contributed by atoms with Crippen LogP contribution in [0.3, 0.4) is 0 Å². The lowest BCUT2D eigenvalue weighted by molar-refractivity contribution is -0.144. The van der Waals surface area contributed by atoms with Crippen LogP contribution in [0.25, 0.3) is 0 Å². The maximum atomic E-state index is 14.0. The number of halogens is 2. The first-order chi connectivity index (χ1) is 16.8. The van der Waals surface area contributed by atoms with Gasteiger partial charge in [-0.2, -0.15) is 0 Å². The van der Waals surface area contributed by atoms with Gasteiger partial charge in [-0.15, -0.1) is 11.8 Å². The first-order valence-electron chi connectivity index (χ1n) is 11.3. The lowest BCUT2D eigenvalue weighted by Gasteiger charge is -2.20. The van der Waals surface area contributed by atoms with Crippen molar-refractivity contribution in [1.29, 1.82) is 0 Å². The first-order valence-corrected chi connectivity index (χ1v) is 12.7. The molecule has 0 bridgehead atoms. The number of carbonyl (C=O) groups excluding carboxylic acids is 3. The predicted octanol–water partition coefficient (Wildman–Crippen LogP) is 4.51. The molecule has 1 N–H and O–H groups in total. The molecule has 0 radical (unpaired) electrons. The second kappa shape index (κ2) is 12.9. The minimum Gasteiger partial charge on any atom is -0.496 e. The van der Waals surface area contributed by atoms with E-state index in [1.807, 2.05) is 18.2 Å². The van der Waals surface area contributed by atoms with Gasteiger partial charge < -0.3 is 14.8 Å². The number of rotatable bonds is 12. The van der Waals surface area contributed by atoms with Crippen molar-refractivity contribution in [3.63, 3.8) is 0 Å². The molecule has 188 valence electrons. The molecule has 0 aliphatic carbocycles. The van der Waals surface area contributed by atoms with E-state index in [1.54, 1.807) is 20.1 Å². The highest BCUT2D eigenvalue weighted by molar-refractivity contribution is 7.99. The molecule has 2 aromatic carbocycles. The summed E-state index contributed by atoms with van der Waals surface area (Å²) in [6.07, 6.45) is 0.608. The van der Waals surface area contributed by atoms with Crippen LogP contribution < -0.4 is 10.1 Å². The van der Waals surface area contributed by atoms with Crippen LogP contribution >= 0.6 is 23.4 Å². The van der Waals surface area contributed by atoms with Gasteiger partial charge in [0.05, 0.1) is 25.2 Å². The number of thioether (sulfide) groups is 1. The van der Waals surface area contributed by atoms with Crippen LogP contribution in [0.4, 0.5) is 4.39 Å². The molecule has 10 heteroatoms. The van der Waals surface area contributed by atoms with Crippen LogP contribution in [0, 0.1) is 5.82 Å². The summed E-state index contributed by atoms with van der Waals surface area (Å²) in [5.41, 5.74) is 1.49. The Morgan fingerprint density at radius 1 is 1.20 bits per heavy atom. The summed E-state index contributed by atoms with van der Waals surface area (Å²) in [5, 5.41) is 3.31. The molecule has 2 aromatic rings. The van der Waals surface area contributed by atoms with Gasteiger partial charge in [0.25, 0.3) is 0 Å². The van der Waals surface area contributed by atoms with E-state index in [-0.39, 0.29) is 48.7 Å². The van der Waals surface area contributed by atoms with Crippen molar-refractivity contribution in [3.8, 4) is 5.75 Å². The van der Waals surface area contributed by atoms with Gasteiger partial charge in [-0.3, -0.25) is 19.3 Å². The fourth-order valence-corrected chi connectivity index (χ4v) is 4.79. The molecule has 1 heterocycles. The maximum absolute atomic E-state index is 14.0. The average Bonchev–Trinajstić information content (AvgIpc) is 3.16. The largest absolute Gasteiger partial charge is 0.496 e. The normalized spacial score (nSPS) is 14.3. The molecule has 1 aliphatic heterocycles. The number of nitrogens with one attached hydrogen (secondary N) is 1. The smallest absolute Gasteiger partial charge is 0.307 e. The van der Waals surface area contributed by atoms with Gasteiger partial charge in [0, 0.05) is 42.6 Å². The lowest BCUT2D eigenvalue weighted by atomic mass is 10.0. The van der Waals surface area contributed by atoms with E-state index < -0.39 is 11.9 Å². The molecule has 0 saturated carbocycles. The highest BCUT2D eigenvalue weighted by Crippen LogP contribution is 2.31. The monoisotopic (exact) mass is 522 g/mol. The summed E-state index contributed by atoms with van der Waals surface area (Å²) in [7, 11) is 1.57. The number of amides is 2. The zero-order valence-electron chi connectivity index (χ0n) is 19.6. The van der Waals surface area contributed by atoms with Crippen molar-refractivity contribution in [2.24, 2.45) is 0 Å². The number of nitrogens with zero attached hydrogens (tertiary/aromatic N) is 1. The van der Waals surface area contributed by atoms with Gasteiger partial charge in [-0.1, -0.05) is 23.7 Å². The Balaban J connectivity index is 1.65. The highest BCUT2D eigenvalue weighted by atomic mass is 35.5. The molecule has 7 nitrogen and oxygen atoms in total. The third-order valence-corrected chi connectivity index (χ3v) is 6.87. The molecule has 3 rings (SSSR count). The third kappa shape index (κ3) is 7.43. The predicted molar refractivity (Wildman–Crippen MR) is 132 cm³/mol. The van der Waals surface area contributed by atoms with Crippen LogP contribution in [0.5, 0.6) is 5.75 Å². The van der Waals surface area contributed by atoms with E-state index in [2.05, 4.69) is 5.32 Å². The number of ether oxygens (including phenoxy) is 2. The minimum absolute atomic E-state index is 0.0138. The Kier molecular flexibility index (Phi) is 9.94. The summed E-state index contributed by atoms with van der Waals surface area (Å²) >= 11 is 7.31. The molecular formula is C25H28ClFN2O5S. The van der Waals surface area contributed by atoms with Crippen LogP contribution in [-0.4, -0.2) is 48.7 Å². The van der Waals surface area contributed by atoms with Crippen molar-refractivity contribution in [1.82, 2.24) is 10.2 Å². The molecule has 1 unspecified atom stereocenters. The van der Waals surface area contributed by atoms with Crippen molar-refractivity contribution < 1.29 is 28.2 Å². The van der Waals surface area contributed by atoms with E-state index in [9.17, 15) is 18.8 Å². The Morgan fingerprint density at radius 2 is 1.94 bits per heavy atom. The Morgan fingerprint density at radius 3 is 2.60 bits per heavy atom. The molecule has 1 saturated heterocycles. The van der Waals surface area contributed by atoms with Crippen molar-refractivity contribution >= 4 is 41.1 Å². The molecular weight excluding hydrogens is 495 g/mol. The average molecular weight is 523 g/mol. The first kappa shape index (κ1) is 27.0. The second-order valence-electron chi connectivity index (χ2n) is 7.89. The van der Waals surface area contributed by atoms with Gasteiger partial charge >= 0.3 is 5.97 Å². The van der Waals surface area contributed by atoms with Gasteiger partial charge in [-0.25, -0.2) is 4.39 Å². The van der Waals surface area contributed by atoms with E-state index in [1.165, 1.54) is 28.8 Å². The molecule has 1 aliphatic rings. The number of likely N-dealkylation sites (tertiary alicyclic amines) is 1. The fraction of sp³-hybridized carbons (Fsp3) is 0.400. The topological polar surface area (TPSA) is 84.9 Å². The van der Waals surface area contributed by atoms with E-state index in [4.69, 9.17) is 21.1 Å². The zero-order valence-corrected chi connectivity index (χ0v) is 21.2. The van der Waals surface area contributed by atoms with Gasteiger partial charge in [0.1, 0.15) is 11.6 Å². The fourth-order valence-electron chi connectivity index (χ4n) is 3.72. The summed E-state index contributed by atoms with van der Waals surface area (Å²) in [4.78, 5) is 37.9. The SMILES string of the molecule is CCOC(=O)CC(NCc1ccc(SCCN2C(=O)CCC2=O)c(OC)c1)c1ccc(Cl)c(F)c1. The van der Waals surface area contributed by atoms with Crippen LogP contribution in [0.2, 0.25) is 5.02 Å².